The third-order valence-corrected chi connectivity index (χ3v) is 3.73. The molecular weight excluding hydrogens is 228 g/mol. The number of nitrogens with one attached hydrogen (secondary N) is 1. The van der Waals surface area contributed by atoms with Crippen LogP contribution in [-0.2, 0) is 9.59 Å². The van der Waals surface area contributed by atoms with Gasteiger partial charge in [-0.05, 0) is 31.6 Å². The maximum Gasteiger partial charge on any atom is 0.223 e. The Morgan fingerprint density at radius 1 is 1.17 bits per heavy atom. The topological polar surface area (TPSA) is 49.4 Å². The molecule has 4 nitrogen and oxygen atoms in total. The average Bonchev–Trinajstić information content (AvgIpc) is 3.12. The summed E-state index contributed by atoms with van der Waals surface area (Å²) in [4.78, 5) is 25.7. The molecular formula is C14H24N2O2. The molecule has 1 heterocycles. The first kappa shape index (κ1) is 13.4. The number of piperidine rings is 1. The molecule has 1 saturated carbocycles. The van der Waals surface area contributed by atoms with Crippen LogP contribution in [0.2, 0.25) is 0 Å². The molecule has 102 valence electrons. The fraction of sp³-hybridized carbons (Fsp3) is 0.857. The lowest BCUT2D eigenvalue weighted by atomic mass is 9.95. The number of carbonyl (C=O) groups is 2. The first-order valence-corrected chi connectivity index (χ1v) is 7.14. The first-order chi connectivity index (χ1) is 8.56. The fourth-order valence-electron chi connectivity index (χ4n) is 2.42. The zero-order valence-corrected chi connectivity index (χ0v) is 11.4. The van der Waals surface area contributed by atoms with Gasteiger partial charge in [-0.1, -0.05) is 13.8 Å². The highest BCUT2D eigenvalue weighted by Crippen LogP contribution is 2.23. The van der Waals surface area contributed by atoms with Crippen molar-refractivity contribution in [1.82, 2.24) is 10.2 Å². The summed E-state index contributed by atoms with van der Waals surface area (Å²) in [6.45, 7) is 5.62. The maximum absolute atomic E-state index is 11.9. The van der Waals surface area contributed by atoms with Gasteiger partial charge in [-0.3, -0.25) is 9.59 Å². The van der Waals surface area contributed by atoms with Gasteiger partial charge in [0.25, 0.3) is 0 Å². The maximum atomic E-state index is 11.9. The molecule has 0 aromatic heterocycles. The van der Waals surface area contributed by atoms with E-state index in [1.165, 1.54) is 0 Å². The van der Waals surface area contributed by atoms with Crippen LogP contribution >= 0.6 is 0 Å². The van der Waals surface area contributed by atoms with Crippen LogP contribution in [0.1, 0.15) is 46.0 Å². The van der Waals surface area contributed by atoms with Crippen molar-refractivity contribution in [2.75, 3.05) is 13.1 Å². The molecule has 2 aliphatic rings. The van der Waals surface area contributed by atoms with Gasteiger partial charge in [-0.25, -0.2) is 0 Å². The summed E-state index contributed by atoms with van der Waals surface area (Å²) in [5.74, 6) is 0.974. The highest BCUT2D eigenvalue weighted by atomic mass is 16.2. The summed E-state index contributed by atoms with van der Waals surface area (Å²) in [7, 11) is 0. The van der Waals surface area contributed by atoms with Gasteiger partial charge in [0.05, 0.1) is 0 Å². The van der Waals surface area contributed by atoms with Gasteiger partial charge < -0.3 is 10.2 Å². The van der Waals surface area contributed by atoms with E-state index in [4.69, 9.17) is 0 Å². The van der Waals surface area contributed by atoms with Crippen LogP contribution in [0.3, 0.4) is 0 Å². The second kappa shape index (κ2) is 5.72. The van der Waals surface area contributed by atoms with Gasteiger partial charge >= 0.3 is 0 Å². The van der Waals surface area contributed by atoms with Crippen molar-refractivity contribution in [1.29, 1.82) is 0 Å². The highest BCUT2D eigenvalue weighted by molar-refractivity contribution is 5.80. The van der Waals surface area contributed by atoms with E-state index in [1.807, 2.05) is 4.90 Å². The van der Waals surface area contributed by atoms with Crippen molar-refractivity contribution in [3.8, 4) is 0 Å². The van der Waals surface area contributed by atoms with Gasteiger partial charge in [-0.15, -0.1) is 0 Å². The summed E-state index contributed by atoms with van der Waals surface area (Å²) in [5.41, 5.74) is 0. The molecule has 1 saturated heterocycles. The van der Waals surface area contributed by atoms with E-state index in [2.05, 4.69) is 19.2 Å². The lowest BCUT2D eigenvalue weighted by Crippen LogP contribution is -2.43. The van der Waals surface area contributed by atoms with Crippen LogP contribution in [0.5, 0.6) is 0 Å². The standard InChI is InChI=1S/C14H24N2O2/c1-10(2)9-13(17)16-7-5-11(6-8-16)14(18)15-12-3-4-12/h10-12H,3-9H2,1-2H3,(H,15,18). The first-order valence-electron chi connectivity index (χ1n) is 7.14. The van der Waals surface area contributed by atoms with Crippen molar-refractivity contribution < 1.29 is 9.59 Å². The Bertz CT molecular complexity index is 292. The molecule has 0 spiro atoms. The Kier molecular flexibility index (Phi) is 4.25. The zero-order valence-electron chi connectivity index (χ0n) is 11.4. The number of hydrogen-bond acceptors (Lipinski definition) is 2. The van der Waals surface area contributed by atoms with Crippen LogP contribution in [0, 0.1) is 11.8 Å². The third-order valence-electron chi connectivity index (χ3n) is 3.73. The van der Waals surface area contributed by atoms with E-state index >= 15 is 0 Å². The van der Waals surface area contributed by atoms with Crippen LogP contribution < -0.4 is 5.32 Å². The van der Waals surface area contributed by atoms with Crippen molar-refractivity contribution in [3.63, 3.8) is 0 Å². The largest absolute Gasteiger partial charge is 0.353 e. The smallest absolute Gasteiger partial charge is 0.223 e. The van der Waals surface area contributed by atoms with Crippen LogP contribution in [0.4, 0.5) is 0 Å². The molecule has 0 atom stereocenters. The van der Waals surface area contributed by atoms with Crippen LogP contribution in [0.25, 0.3) is 0 Å². The molecule has 0 unspecified atom stereocenters. The van der Waals surface area contributed by atoms with Crippen molar-refractivity contribution in [3.05, 3.63) is 0 Å². The molecule has 0 aromatic rings. The van der Waals surface area contributed by atoms with E-state index in [0.29, 0.717) is 18.4 Å². The normalized spacial score (nSPS) is 21.2. The fourth-order valence-corrected chi connectivity index (χ4v) is 2.42. The summed E-state index contributed by atoms with van der Waals surface area (Å²) in [5, 5.41) is 3.06. The second-order valence-corrected chi connectivity index (χ2v) is 6.04. The summed E-state index contributed by atoms with van der Waals surface area (Å²) < 4.78 is 0. The number of amides is 2. The molecule has 0 radical (unpaired) electrons. The Balaban J connectivity index is 1.73. The minimum atomic E-state index is 0.119. The predicted molar refractivity (Wildman–Crippen MR) is 69.9 cm³/mol. The molecule has 1 aliphatic carbocycles. The van der Waals surface area contributed by atoms with Crippen molar-refractivity contribution in [2.24, 2.45) is 11.8 Å². The molecule has 0 aromatic carbocycles. The molecule has 4 heteroatoms. The quantitative estimate of drug-likeness (QED) is 0.825. The van der Waals surface area contributed by atoms with Crippen molar-refractivity contribution >= 4 is 11.8 Å². The summed E-state index contributed by atoms with van der Waals surface area (Å²) in [6.07, 6.45) is 4.54. The van der Waals surface area contributed by atoms with E-state index in [0.717, 1.165) is 38.8 Å². The van der Waals surface area contributed by atoms with Gasteiger partial charge in [0, 0.05) is 31.5 Å². The molecule has 0 bridgehead atoms. The number of hydrogen-bond donors (Lipinski definition) is 1. The Morgan fingerprint density at radius 3 is 2.28 bits per heavy atom. The summed E-state index contributed by atoms with van der Waals surface area (Å²) in [6, 6.07) is 0.443. The lowest BCUT2D eigenvalue weighted by molar-refractivity contribution is -0.136. The number of rotatable bonds is 4. The van der Waals surface area contributed by atoms with Gasteiger partial charge in [-0.2, -0.15) is 0 Å². The molecule has 1 N–H and O–H groups in total. The Hall–Kier alpha value is -1.06. The number of nitrogens with zero attached hydrogens (tertiary/aromatic N) is 1. The van der Waals surface area contributed by atoms with E-state index in [-0.39, 0.29) is 17.7 Å². The molecule has 2 rings (SSSR count). The minimum Gasteiger partial charge on any atom is -0.353 e. The van der Waals surface area contributed by atoms with E-state index in [9.17, 15) is 9.59 Å². The Labute approximate surface area is 109 Å². The zero-order chi connectivity index (χ0) is 13.1. The van der Waals surface area contributed by atoms with Crippen LogP contribution in [-0.4, -0.2) is 35.8 Å². The predicted octanol–water partition coefficient (Wildman–Crippen LogP) is 1.55. The SMILES string of the molecule is CC(C)CC(=O)N1CCC(C(=O)NC2CC2)CC1. The molecule has 2 fully saturated rings. The average molecular weight is 252 g/mol. The van der Waals surface area contributed by atoms with Crippen LogP contribution in [0.15, 0.2) is 0 Å². The molecule has 18 heavy (non-hydrogen) atoms. The minimum absolute atomic E-state index is 0.119. The molecule has 1 aliphatic heterocycles. The second-order valence-electron chi connectivity index (χ2n) is 6.04. The van der Waals surface area contributed by atoms with Gasteiger partial charge in [0.2, 0.25) is 11.8 Å². The van der Waals surface area contributed by atoms with E-state index < -0.39 is 0 Å². The molecule has 2 amide bonds. The number of likely N-dealkylation sites (tertiary alicyclic amines) is 1. The lowest BCUT2D eigenvalue weighted by Gasteiger charge is -2.31. The van der Waals surface area contributed by atoms with Crippen molar-refractivity contribution in [2.45, 2.75) is 52.0 Å². The summed E-state index contributed by atoms with van der Waals surface area (Å²) >= 11 is 0. The number of carbonyl (C=O) groups excluding carboxylic acids is 2. The highest BCUT2D eigenvalue weighted by Gasteiger charge is 2.30. The van der Waals surface area contributed by atoms with Gasteiger partial charge in [0.15, 0.2) is 0 Å². The van der Waals surface area contributed by atoms with Gasteiger partial charge in [0.1, 0.15) is 0 Å². The monoisotopic (exact) mass is 252 g/mol. The Morgan fingerprint density at radius 2 is 1.78 bits per heavy atom. The third kappa shape index (κ3) is 3.72. The van der Waals surface area contributed by atoms with E-state index in [1.54, 1.807) is 0 Å².